The van der Waals surface area contributed by atoms with Gasteiger partial charge in [0.2, 0.25) is 5.91 Å². The summed E-state index contributed by atoms with van der Waals surface area (Å²) in [5.41, 5.74) is 9.24. The van der Waals surface area contributed by atoms with Gasteiger partial charge in [-0.25, -0.2) is 0 Å². The van der Waals surface area contributed by atoms with Crippen molar-refractivity contribution in [3.05, 3.63) is 112 Å². The number of amides is 1. The average molecular weight is 550 g/mol. The van der Waals surface area contributed by atoms with E-state index in [9.17, 15) is 18.0 Å². The largest absolute Gasteiger partial charge is 0.416 e. The topological polar surface area (TPSA) is 59.2 Å². The first-order valence-corrected chi connectivity index (χ1v) is 13.1. The molecule has 1 amide bonds. The quantitative estimate of drug-likeness (QED) is 0.270. The first-order chi connectivity index (χ1) is 18.7. The highest BCUT2D eigenvalue weighted by atomic mass is 35.5. The molecular weight excluding hydrogens is 523 g/mol. The molecule has 4 aromatic rings. The van der Waals surface area contributed by atoms with E-state index < -0.39 is 17.6 Å². The van der Waals surface area contributed by atoms with E-state index in [4.69, 9.17) is 17.3 Å². The van der Waals surface area contributed by atoms with Crippen LogP contribution in [0, 0.1) is 0 Å². The van der Waals surface area contributed by atoms with Crippen molar-refractivity contribution in [1.29, 1.82) is 0 Å². The first kappa shape index (κ1) is 26.9. The van der Waals surface area contributed by atoms with E-state index in [0.717, 1.165) is 29.3 Å². The summed E-state index contributed by atoms with van der Waals surface area (Å²) in [6, 6.07) is 23.1. The minimum absolute atomic E-state index is 0.209. The number of pyridine rings is 1. The summed E-state index contributed by atoms with van der Waals surface area (Å²) >= 11 is 5.99. The zero-order valence-corrected chi connectivity index (χ0v) is 21.8. The lowest BCUT2D eigenvalue weighted by Gasteiger charge is -2.34. The van der Waals surface area contributed by atoms with Crippen LogP contribution in [0.25, 0.3) is 22.4 Å². The molecular formula is C31H27ClF3N3O. The van der Waals surface area contributed by atoms with Gasteiger partial charge < -0.3 is 5.73 Å². The number of alkyl halides is 3. The number of benzene rings is 3. The monoisotopic (exact) mass is 549 g/mol. The minimum atomic E-state index is -4.50. The maximum Gasteiger partial charge on any atom is 0.416 e. The number of primary amides is 1. The molecule has 2 heterocycles. The summed E-state index contributed by atoms with van der Waals surface area (Å²) in [5.74, 6) is -0.943. The van der Waals surface area contributed by atoms with Crippen LogP contribution in [-0.4, -0.2) is 28.9 Å². The third-order valence-corrected chi connectivity index (χ3v) is 7.52. The molecule has 0 radical (unpaired) electrons. The van der Waals surface area contributed by atoms with E-state index in [1.807, 2.05) is 24.3 Å². The zero-order valence-electron chi connectivity index (χ0n) is 21.1. The fraction of sp³-hybridized carbons (Fsp3) is 0.226. The van der Waals surface area contributed by atoms with Gasteiger partial charge in [0.15, 0.2) is 0 Å². The van der Waals surface area contributed by atoms with Crippen LogP contribution >= 0.6 is 11.6 Å². The number of piperidine rings is 1. The maximum atomic E-state index is 14.1. The summed E-state index contributed by atoms with van der Waals surface area (Å²) in [6.45, 7) is 2.07. The first-order valence-electron chi connectivity index (χ1n) is 12.7. The van der Waals surface area contributed by atoms with Crippen molar-refractivity contribution in [3.63, 3.8) is 0 Å². The van der Waals surface area contributed by atoms with Crippen LogP contribution in [0.15, 0.2) is 85.1 Å². The molecule has 1 aliphatic heterocycles. The van der Waals surface area contributed by atoms with Gasteiger partial charge in [-0.2, -0.15) is 13.2 Å². The second kappa shape index (κ2) is 11.2. The summed E-state index contributed by atoms with van der Waals surface area (Å²) in [5, 5.41) is 0.694. The third kappa shape index (κ3) is 6.15. The van der Waals surface area contributed by atoms with Gasteiger partial charge in [-0.05, 0) is 84.4 Å². The fourth-order valence-electron chi connectivity index (χ4n) is 5.29. The van der Waals surface area contributed by atoms with Crippen LogP contribution < -0.4 is 5.73 Å². The Morgan fingerprint density at radius 1 is 0.949 bits per heavy atom. The Morgan fingerprint density at radius 3 is 2.21 bits per heavy atom. The van der Waals surface area contributed by atoms with E-state index >= 15 is 0 Å². The van der Waals surface area contributed by atoms with Crippen LogP contribution in [0.3, 0.4) is 0 Å². The zero-order chi connectivity index (χ0) is 27.6. The average Bonchev–Trinajstić information content (AvgIpc) is 2.93. The summed E-state index contributed by atoms with van der Waals surface area (Å²) in [4.78, 5) is 18.2. The summed E-state index contributed by atoms with van der Waals surface area (Å²) < 4.78 is 42.4. The molecule has 4 nitrogen and oxygen atoms in total. The Hall–Kier alpha value is -3.68. The molecule has 5 rings (SSSR count). The number of nitrogens with zero attached hydrogens (tertiary/aromatic N) is 2. The van der Waals surface area contributed by atoms with Crippen LogP contribution in [0.1, 0.15) is 45.8 Å². The lowest BCUT2D eigenvalue weighted by Crippen LogP contribution is -2.33. The summed E-state index contributed by atoms with van der Waals surface area (Å²) in [7, 11) is 0. The molecule has 0 bridgehead atoms. The lowest BCUT2D eigenvalue weighted by atomic mass is 9.82. The van der Waals surface area contributed by atoms with Crippen molar-refractivity contribution < 1.29 is 18.0 Å². The molecule has 1 aromatic heterocycles. The molecule has 200 valence electrons. The molecule has 3 aromatic carbocycles. The second-order valence-electron chi connectivity index (χ2n) is 9.81. The van der Waals surface area contributed by atoms with Gasteiger partial charge in [-0.3, -0.25) is 14.7 Å². The van der Waals surface area contributed by atoms with Gasteiger partial charge >= 0.3 is 6.18 Å². The van der Waals surface area contributed by atoms with Crippen molar-refractivity contribution in [2.45, 2.75) is 31.5 Å². The van der Waals surface area contributed by atoms with Gasteiger partial charge in [-0.15, -0.1) is 0 Å². The Labute approximate surface area is 230 Å². The molecule has 2 N–H and O–H groups in total. The van der Waals surface area contributed by atoms with Gasteiger partial charge in [0.25, 0.3) is 0 Å². The highest BCUT2D eigenvalue weighted by Crippen LogP contribution is 2.43. The predicted molar refractivity (Wildman–Crippen MR) is 147 cm³/mol. The Kier molecular flexibility index (Phi) is 7.73. The lowest BCUT2D eigenvalue weighted by molar-refractivity contribution is -0.138. The van der Waals surface area contributed by atoms with E-state index in [0.29, 0.717) is 42.2 Å². The molecule has 1 aliphatic rings. The van der Waals surface area contributed by atoms with Crippen LogP contribution in [-0.2, 0) is 12.7 Å². The van der Waals surface area contributed by atoms with Crippen molar-refractivity contribution in [1.82, 2.24) is 9.88 Å². The van der Waals surface area contributed by atoms with Crippen LogP contribution in [0.2, 0.25) is 5.02 Å². The Balaban J connectivity index is 1.34. The number of rotatable bonds is 6. The molecule has 1 fully saturated rings. The third-order valence-electron chi connectivity index (χ3n) is 7.27. The molecule has 0 saturated carbocycles. The molecule has 0 atom stereocenters. The van der Waals surface area contributed by atoms with Gasteiger partial charge in [0.1, 0.15) is 0 Å². The number of aromatic nitrogens is 1. The number of nitrogens with two attached hydrogens (primary N) is 1. The van der Waals surface area contributed by atoms with Crippen molar-refractivity contribution >= 4 is 17.5 Å². The fourth-order valence-corrected chi connectivity index (χ4v) is 5.42. The molecule has 39 heavy (non-hydrogen) atoms. The van der Waals surface area contributed by atoms with Crippen molar-refractivity contribution in [2.24, 2.45) is 5.73 Å². The predicted octanol–water partition coefficient (Wildman–Crippen LogP) is 7.57. The standard InChI is InChI=1S/C31H27ClF3N3O/c32-25-10-8-22(9-11-25)21-6-4-20(5-7-21)19-38-16-13-23(14-17-38)29-26(2-1-3-27(29)31(33,34)35)28-18-24(30(36)39)12-15-37-28/h1-12,15,18,23H,13-14,16-17,19H2,(H2,36,39). The van der Waals surface area contributed by atoms with E-state index in [-0.39, 0.29) is 17.0 Å². The van der Waals surface area contributed by atoms with Crippen molar-refractivity contribution in [3.8, 4) is 22.4 Å². The molecule has 0 spiro atoms. The molecule has 0 unspecified atom stereocenters. The van der Waals surface area contributed by atoms with Crippen LogP contribution in [0.4, 0.5) is 13.2 Å². The molecule has 0 aliphatic carbocycles. The normalized spacial score (nSPS) is 14.9. The van der Waals surface area contributed by atoms with E-state index in [1.165, 1.54) is 24.4 Å². The Bertz CT molecular complexity index is 1460. The highest BCUT2D eigenvalue weighted by molar-refractivity contribution is 6.30. The Morgan fingerprint density at radius 2 is 1.59 bits per heavy atom. The number of hydrogen-bond acceptors (Lipinski definition) is 3. The summed E-state index contributed by atoms with van der Waals surface area (Å²) in [6.07, 6.45) is -1.94. The van der Waals surface area contributed by atoms with Gasteiger partial charge in [0.05, 0.1) is 11.3 Å². The highest BCUT2D eigenvalue weighted by Gasteiger charge is 2.37. The molecule has 8 heteroatoms. The number of likely N-dealkylation sites (tertiary alicyclic amines) is 1. The van der Waals surface area contributed by atoms with Crippen molar-refractivity contribution in [2.75, 3.05) is 13.1 Å². The minimum Gasteiger partial charge on any atom is -0.366 e. The van der Waals surface area contributed by atoms with Crippen LogP contribution in [0.5, 0.6) is 0 Å². The SMILES string of the molecule is NC(=O)c1ccnc(-c2cccc(C(F)(F)F)c2C2CCN(Cc3ccc(-c4ccc(Cl)cc4)cc3)CC2)c1. The van der Waals surface area contributed by atoms with E-state index in [2.05, 4.69) is 34.1 Å². The van der Waals surface area contributed by atoms with Gasteiger partial charge in [-0.1, -0.05) is 60.1 Å². The number of carbonyl (C=O) groups is 1. The second-order valence-corrected chi connectivity index (χ2v) is 10.2. The van der Waals surface area contributed by atoms with Gasteiger partial charge in [0, 0.05) is 28.9 Å². The maximum absolute atomic E-state index is 14.1. The smallest absolute Gasteiger partial charge is 0.366 e. The number of carbonyl (C=O) groups excluding carboxylic acids is 1. The number of halogens is 4. The number of hydrogen-bond donors (Lipinski definition) is 1. The van der Waals surface area contributed by atoms with E-state index in [1.54, 1.807) is 6.07 Å². The molecule has 1 saturated heterocycles.